The van der Waals surface area contributed by atoms with Crippen molar-refractivity contribution in [2.75, 3.05) is 13.2 Å². The maximum Gasteiger partial charge on any atom is 0.359 e. The number of hydrogen-bond acceptors (Lipinski definition) is 5. The molecule has 0 fully saturated rings. The van der Waals surface area contributed by atoms with Crippen LogP contribution in [0, 0.1) is 6.92 Å². The first-order valence-electron chi connectivity index (χ1n) is 9.26. The van der Waals surface area contributed by atoms with Crippen molar-refractivity contribution in [2.45, 2.75) is 26.8 Å². The lowest BCUT2D eigenvalue weighted by atomic mass is 10.0. The highest BCUT2D eigenvalue weighted by atomic mass is 16.5. The molecule has 0 unspecified atom stereocenters. The molecule has 0 bridgehead atoms. The van der Waals surface area contributed by atoms with E-state index in [-0.39, 0.29) is 30.5 Å². The van der Waals surface area contributed by atoms with Gasteiger partial charge in [-0.15, -0.1) is 0 Å². The molecule has 1 amide bonds. The molecule has 7 nitrogen and oxygen atoms in total. The number of rotatable bonds is 4. The van der Waals surface area contributed by atoms with Crippen molar-refractivity contribution in [1.29, 1.82) is 0 Å². The summed E-state index contributed by atoms with van der Waals surface area (Å²) < 4.78 is 12.2. The van der Waals surface area contributed by atoms with Crippen LogP contribution >= 0.6 is 0 Å². The number of aromatic nitrogens is 2. The second kappa shape index (κ2) is 7.34. The fourth-order valence-corrected chi connectivity index (χ4v) is 3.41. The summed E-state index contributed by atoms with van der Waals surface area (Å²) >= 11 is 0. The quantitative estimate of drug-likeness (QED) is 0.651. The van der Waals surface area contributed by atoms with Gasteiger partial charge in [0.1, 0.15) is 0 Å². The first-order valence-corrected chi connectivity index (χ1v) is 9.26. The summed E-state index contributed by atoms with van der Waals surface area (Å²) in [6.45, 7) is 4.85. The van der Waals surface area contributed by atoms with Crippen LogP contribution in [0.5, 0.6) is 0 Å². The van der Waals surface area contributed by atoms with Gasteiger partial charge in [-0.05, 0) is 38.1 Å². The first kappa shape index (κ1) is 18.0. The Labute approximate surface area is 162 Å². The van der Waals surface area contributed by atoms with Gasteiger partial charge in [0.15, 0.2) is 11.5 Å². The number of furan rings is 1. The van der Waals surface area contributed by atoms with Crippen LogP contribution in [-0.4, -0.2) is 39.7 Å². The number of ether oxygens (including phenoxy) is 1. The molecule has 0 N–H and O–H groups in total. The third-order valence-electron chi connectivity index (χ3n) is 4.82. The van der Waals surface area contributed by atoms with E-state index in [1.807, 2.05) is 31.2 Å². The van der Waals surface area contributed by atoms with Gasteiger partial charge in [0, 0.05) is 18.5 Å². The minimum atomic E-state index is -0.475. The Balaban J connectivity index is 1.73. The summed E-state index contributed by atoms with van der Waals surface area (Å²) in [5.41, 5.74) is 3.93. The van der Waals surface area contributed by atoms with E-state index in [0.717, 1.165) is 22.5 Å². The predicted octanol–water partition coefficient (Wildman–Crippen LogP) is 3.15. The first-order chi connectivity index (χ1) is 13.6. The Hall–Kier alpha value is -3.35. The number of carbonyl (C=O) groups is 2. The topological polar surface area (TPSA) is 77.6 Å². The van der Waals surface area contributed by atoms with E-state index in [0.29, 0.717) is 13.0 Å². The van der Waals surface area contributed by atoms with E-state index in [9.17, 15) is 9.59 Å². The molecule has 1 aromatic carbocycles. The van der Waals surface area contributed by atoms with Gasteiger partial charge in [-0.1, -0.05) is 17.7 Å². The van der Waals surface area contributed by atoms with Crippen LogP contribution in [-0.2, 0) is 17.7 Å². The zero-order valence-corrected chi connectivity index (χ0v) is 15.8. The summed E-state index contributed by atoms with van der Waals surface area (Å²) in [7, 11) is 0. The van der Waals surface area contributed by atoms with Crippen molar-refractivity contribution < 1.29 is 18.7 Å². The Morgan fingerprint density at radius 3 is 2.68 bits per heavy atom. The molecular weight excluding hydrogens is 358 g/mol. The molecule has 0 saturated heterocycles. The zero-order valence-electron chi connectivity index (χ0n) is 15.8. The average Bonchev–Trinajstić information content (AvgIpc) is 3.36. The average molecular weight is 379 g/mol. The SMILES string of the molecule is CCOC(=O)c1nn(-c2ccc(C)cc2)c2c1CN(C(=O)c1ccco1)CC2. The van der Waals surface area contributed by atoms with Crippen molar-refractivity contribution >= 4 is 11.9 Å². The summed E-state index contributed by atoms with van der Waals surface area (Å²) in [5, 5.41) is 4.55. The van der Waals surface area contributed by atoms with Crippen LogP contribution in [0.15, 0.2) is 47.1 Å². The molecule has 0 saturated carbocycles. The maximum absolute atomic E-state index is 12.7. The van der Waals surface area contributed by atoms with Crippen LogP contribution in [0.1, 0.15) is 44.8 Å². The molecule has 7 heteroatoms. The lowest BCUT2D eigenvalue weighted by molar-refractivity contribution is 0.0512. The number of esters is 1. The molecule has 1 aliphatic rings. The Kier molecular flexibility index (Phi) is 4.73. The standard InChI is InChI=1S/C21H21N3O4/c1-3-27-21(26)19-16-13-23(20(25)18-5-4-12-28-18)11-10-17(16)24(22-19)15-8-6-14(2)7-9-15/h4-9,12H,3,10-11,13H2,1-2H3. The Morgan fingerprint density at radius 2 is 2.00 bits per heavy atom. The van der Waals surface area contributed by atoms with Gasteiger partial charge >= 0.3 is 5.97 Å². The van der Waals surface area contributed by atoms with Crippen molar-refractivity contribution in [3.05, 3.63) is 70.9 Å². The smallest absolute Gasteiger partial charge is 0.359 e. The number of nitrogens with zero attached hydrogens (tertiary/aromatic N) is 3. The van der Waals surface area contributed by atoms with Crippen LogP contribution < -0.4 is 0 Å². The van der Waals surface area contributed by atoms with Crippen molar-refractivity contribution in [3.8, 4) is 5.69 Å². The zero-order chi connectivity index (χ0) is 19.7. The molecule has 0 atom stereocenters. The van der Waals surface area contributed by atoms with Gasteiger partial charge < -0.3 is 14.1 Å². The van der Waals surface area contributed by atoms with E-state index in [2.05, 4.69) is 5.10 Å². The molecule has 1 aliphatic heterocycles. The van der Waals surface area contributed by atoms with Gasteiger partial charge in [-0.2, -0.15) is 5.10 Å². The lowest BCUT2D eigenvalue weighted by Gasteiger charge is -2.27. The van der Waals surface area contributed by atoms with E-state index in [1.54, 1.807) is 28.6 Å². The van der Waals surface area contributed by atoms with Gasteiger partial charge in [-0.3, -0.25) is 4.79 Å². The predicted molar refractivity (Wildman–Crippen MR) is 101 cm³/mol. The highest BCUT2D eigenvalue weighted by Gasteiger charge is 2.32. The maximum atomic E-state index is 12.7. The molecule has 0 aliphatic carbocycles. The highest BCUT2D eigenvalue weighted by Crippen LogP contribution is 2.27. The third-order valence-corrected chi connectivity index (χ3v) is 4.82. The van der Waals surface area contributed by atoms with Crippen LogP contribution in [0.3, 0.4) is 0 Å². The van der Waals surface area contributed by atoms with Crippen molar-refractivity contribution in [1.82, 2.24) is 14.7 Å². The second-order valence-corrected chi connectivity index (χ2v) is 6.70. The van der Waals surface area contributed by atoms with E-state index in [1.165, 1.54) is 6.26 Å². The molecule has 3 heterocycles. The molecule has 144 valence electrons. The molecule has 3 aromatic rings. The fraction of sp³-hybridized carbons (Fsp3) is 0.286. The highest BCUT2D eigenvalue weighted by molar-refractivity contribution is 5.93. The summed E-state index contributed by atoms with van der Waals surface area (Å²) in [6, 6.07) is 11.3. The van der Waals surface area contributed by atoms with Crippen LogP contribution in [0.4, 0.5) is 0 Å². The molecule has 0 radical (unpaired) electrons. The summed E-state index contributed by atoms with van der Waals surface area (Å²) in [4.78, 5) is 26.9. The number of benzene rings is 1. The van der Waals surface area contributed by atoms with Gasteiger partial charge in [0.25, 0.3) is 5.91 Å². The van der Waals surface area contributed by atoms with Crippen LogP contribution in [0.2, 0.25) is 0 Å². The van der Waals surface area contributed by atoms with Gasteiger partial charge in [0.05, 0.1) is 30.8 Å². The minimum Gasteiger partial charge on any atom is -0.461 e. The molecule has 28 heavy (non-hydrogen) atoms. The monoisotopic (exact) mass is 379 g/mol. The Bertz CT molecular complexity index is 1000. The third kappa shape index (κ3) is 3.19. The summed E-state index contributed by atoms with van der Waals surface area (Å²) in [5.74, 6) is -0.391. The molecule has 4 rings (SSSR count). The van der Waals surface area contributed by atoms with Gasteiger partial charge in [0.2, 0.25) is 0 Å². The number of hydrogen-bond donors (Lipinski definition) is 0. The minimum absolute atomic E-state index is 0.200. The number of carbonyl (C=O) groups excluding carboxylic acids is 2. The molecule has 2 aromatic heterocycles. The number of aryl methyl sites for hydroxylation is 1. The van der Waals surface area contributed by atoms with Crippen molar-refractivity contribution in [3.63, 3.8) is 0 Å². The summed E-state index contributed by atoms with van der Waals surface area (Å²) in [6.07, 6.45) is 2.06. The number of fused-ring (bicyclic) bond motifs is 1. The largest absolute Gasteiger partial charge is 0.461 e. The van der Waals surface area contributed by atoms with E-state index < -0.39 is 5.97 Å². The molecular formula is C21H21N3O4. The van der Waals surface area contributed by atoms with E-state index >= 15 is 0 Å². The van der Waals surface area contributed by atoms with E-state index in [4.69, 9.17) is 9.15 Å². The Morgan fingerprint density at radius 1 is 1.21 bits per heavy atom. The normalized spacial score (nSPS) is 13.3. The van der Waals surface area contributed by atoms with Crippen LogP contribution in [0.25, 0.3) is 5.69 Å². The van der Waals surface area contributed by atoms with Crippen molar-refractivity contribution in [2.24, 2.45) is 0 Å². The second-order valence-electron chi connectivity index (χ2n) is 6.70. The lowest BCUT2D eigenvalue weighted by Crippen LogP contribution is -2.36. The number of amides is 1. The fourth-order valence-electron chi connectivity index (χ4n) is 3.41. The molecule has 0 spiro atoms. The van der Waals surface area contributed by atoms with Gasteiger partial charge in [-0.25, -0.2) is 9.48 Å².